The number of benzene rings is 1. The molecule has 1 amide bonds. The van der Waals surface area contributed by atoms with Gasteiger partial charge in [-0.25, -0.2) is 8.42 Å². The number of carbonyl (C=O) groups excluding carboxylic acids is 1. The number of rotatable bonds is 6. The maximum absolute atomic E-state index is 13.5. The lowest BCUT2D eigenvalue weighted by molar-refractivity contribution is -0.135. The number of ether oxygens (including phenoxy) is 2. The van der Waals surface area contributed by atoms with Crippen LogP contribution >= 0.6 is 0 Å². The van der Waals surface area contributed by atoms with Crippen LogP contribution in [0.15, 0.2) is 23.1 Å². The Labute approximate surface area is 203 Å². The summed E-state index contributed by atoms with van der Waals surface area (Å²) in [5.41, 5.74) is 0.693. The van der Waals surface area contributed by atoms with Gasteiger partial charge in [0, 0.05) is 44.1 Å². The molecule has 1 aromatic carbocycles. The maximum Gasteiger partial charge on any atom is 0.248 e. The summed E-state index contributed by atoms with van der Waals surface area (Å²) in [6.45, 7) is 3.64. The second kappa shape index (κ2) is 11.5. The topological polar surface area (TPSA) is 96.4 Å². The highest BCUT2D eigenvalue weighted by Crippen LogP contribution is 2.34. The van der Waals surface area contributed by atoms with Crippen LogP contribution in [0.3, 0.4) is 0 Å². The van der Waals surface area contributed by atoms with Crippen molar-refractivity contribution < 1.29 is 27.8 Å². The molecule has 0 spiro atoms. The summed E-state index contributed by atoms with van der Waals surface area (Å²) in [7, 11) is -0.777. The highest BCUT2D eigenvalue weighted by Gasteiger charge is 2.38. The van der Waals surface area contributed by atoms with Gasteiger partial charge in [-0.15, -0.1) is 0 Å². The molecule has 1 fully saturated rings. The van der Waals surface area contributed by atoms with Crippen molar-refractivity contribution in [3.05, 3.63) is 23.8 Å². The van der Waals surface area contributed by atoms with Gasteiger partial charge in [0.2, 0.25) is 15.9 Å². The third kappa shape index (κ3) is 6.11. The highest BCUT2D eigenvalue weighted by atomic mass is 32.2. The van der Waals surface area contributed by atoms with Gasteiger partial charge in [0.25, 0.3) is 0 Å². The number of fused-ring (bicyclic) bond motifs is 1. The van der Waals surface area contributed by atoms with E-state index in [1.807, 2.05) is 6.92 Å². The molecule has 1 N–H and O–H groups in total. The van der Waals surface area contributed by atoms with Crippen LogP contribution in [0.1, 0.15) is 45.1 Å². The lowest BCUT2D eigenvalue weighted by Crippen LogP contribution is -2.50. The largest absolute Gasteiger partial charge is 0.487 e. The molecule has 8 nitrogen and oxygen atoms in total. The first kappa shape index (κ1) is 26.5. The molecule has 3 rings (SSSR count). The number of amides is 1. The smallest absolute Gasteiger partial charge is 0.248 e. The minimum atomic E-state index is -3.91. The second-order valence-electron chi connectivity index (χ2n) is 9.36. The molecule has 1 aliphatic heterocycles. The number of hydrogen-bond acceptors (Lipinski definition) is 6. The summed E-state index contributed by atoms with van der Waals surface area (Å²) in [5, 5.41) is 9.75. The molecule has 188 valence electrons. The zero-order valence-electron chi connectivity index (χ0n) is 20.5. The van der Waals surface area contributed by atoms with Crippen molar-refractivity contribution in [2.75, 3.05) is 40.5 Å². The summed E-state index contributed by atoms with van der Waals surface area (Å²) in [5.74, 6) is 6.65. The Morgan fingerprint density at radius 1 is 1.35 bits per heavy atom. The van der Waals surface area contributed by atoms with E-state index in [4.69, 9.17) is 9.47 Å². The molecule has 3 atom stereocenters. The summed E-state index contributed by atoms with van der Waals surface area (Å²) < 4.78 is 39.7. The first-order chi connectivity index (χ1) is 16.2. The standard InChI is InChI=1S/C25H36N2O6S/c1-18-14-27(19(2)16-28)34(30,31)24-12-11-21(10-9-20-7-5-6-8-20)13-22(24)33-23(18)15-26(3)25(29)17-32-4/h11-13,18-20,23,28H,5-8,14-17H2,1-4H3/t18-,19-,23-/m1/s1. The summed E-state index contributed by atoms with van der Waals surface area (Å²) in [6.07, 6.45) is 4.11. The van der Waals surface area contributed by atoms with E-state index in [0.717, 1.165) is 12.8 Å². The van der Waals surface area contributed by atoms with Crippen LogP contribution in [0.4, 0.5) is 0 Å². The van der Waals surface area contributed by atoms with Crippen molar-refractivity contribution in [3.8, 4) is 17.6 Å². The predicted octanol–water partition coefficient (Wildman–Crippen LogP) is 2.10. The Hall–Kier alpha value is -2.12. The van der Waals surface area contributed by atoms with Crippen LogP contribution in [0, 0.1) is 23.7 Å². The number of sulfonamides is 1. The number of aliphatic hydroxyl groups is 1. The van der Waals surface area contributed by atoms with Crippen molar-refractivity contribution in [2.45, 2.75) is 56.6 Å². The molecule has 0 unspecified atom stereocenters. The molecule has 1 aromatic rings. The number of aliphatic hydroxyl groups excluding tert-OH is 1. The van der Waals surface area contributed by atoms with Gasteiger partial charge in [0.15, 0.2) is 0 Å². The van der Waals surface area contributed by atoms with E-state index in [2.05, 4.69) is 11.8 Å². The monoisotopic (exact) mass is 492 g/mol. The zero-order chi connectivity index (χ0) is 24.9. The molecule has 34 heavy (non-hydrogen) atoms. The van der Waals surface area contributed by atoms with Crippen molar-refractivity contribution in [1.29, 1.82) is 0 Å². The van der Waals surface area contributed by atoms with Gasteiger partial charge in [-0.3, -0.25) is 4.79 Å². The van der Waals surface area contributed by atoms with Crippen LogP contribution in [-0.2, 0) is 19.6 Å². The third-order valence-corrected chi connectivity index (χ3v) is 8.61. The summed E-state index contributed by atoms with van der Waals surface area (Å²) in [6, 6.07) is 4.32. The molecule has 9 heteroatoms. The second-order valence-corrected chi connectivity index (χ2v) is 11.2. The molecule has 0 radical (unpaired) electrons. The average Bonchev–Trinajstić information content (AvgIpc) is 3.33. The van der Waals surface area contributed by atoms with Crippen LogP contribution in [0.5, 0.6) is 5.75 Å². The normalized spacial score (nSPS) is 23.6. The van der Waals surface area contributed by atoms with Crippen LogP contribution in [0.2, 0.25) is 0 Å². The number of nitrogens with zero attached hydrogens (tertiary/aromatic N) is 2. The molecule has 1 aliphatic carbocycles. The van der Waals surface area contributed by atoms with Crippen LogP contribution < -0.4 is 4.74 Å². The SMILES string of the molecule is COCC(=O)N(C)C[C@H]1Oc2cc(C#CC3CCCC3)ccc2S(=O)(=O)N([C@H](C)CO)C[C@H]1C. The van der Waals surface area contributed by atoms with Gasteiger partial charge in [-0.2, -0.15) is 4.31 Å². The maximum atomic E-state index is 13.5. The fourth-order valence-electron chi connectivity index (χ4n) is 4.38. The minimum Gasteiger partial charge on any atom is -0.487 e. The van der Waals surface area contributed by atoms with E-state index in [0.29, 0.717) is 11.5 Å². The first-order valence-corrected chi connectivity index (χ1v) is 13.3. The molecule has 1 heterocycles. The molecular weight excluding hydrogens is 456 g/mol. The molecular formula is C25H36N2O6S. The Morgan fingerprint density at radius 3 is 2.71 bits per heavy atom. The Balaban J connectivity index is 2.00. The van der Waals surface area contributed by atoms with Gasteiger partial charge in [-0.05, 0) is 38.0 Å². The number of likely N-dealkylation sites (N-methyl/N-ethyl adjacent to an activating group) is 1. The van der Waals surface area contributed by atoms with Gasteiger partial charge in [0.05, 0.1) is 13.2 Å². The van der Waals surface area contributed by atoms with Gasteiger partial charge in [0.1, 0.15) is 23.4 Å². The average molecular weight is 493 g/mol. The third-order valence-electron chi connectivity index (χ3n) is 6.59. The Morgan fingerprint density at radius 2 is 2.06 bits per heavy atom. The van der Waals surface area contributed by atoms with E-state index in [-0.39, 0.29) is 48.8 Å². The van der Waals surface area contributed by atoms with E-state index < -0.39 is 22.2 Å². The number of hydrogen-bond donors (Lipinski definition) is 1. The van der Waals surface area contributed by atoms with E-state index in [1.54, 1.807) is 26.1 Å². The van der Waals surface area contributed by atoms with Crippen LogP contribution in [0.25, 0.3) is 0 Å². The molecule has 1 saturated carbocycles. The number of methoxy groups -OCH3 is 1. The van der Waals surface area contributed by atoms with Crippen molar-refractivity contribution >= 4 is 15.9 Å². The summed E-state index contributed by atoms with van der Waals surface area (Å²) in [4.78, 5) is 13.9. The van der Waals surface area contributed by atoms with Gasteiger partial charge >= 0.3 is 0 Å². The zero-order valence-corrected chi connectivity index (χ0v) is 21.3. The molecule has 0 aromatic heterocycles. The lowest BCUT2D eigenvalue weighted by Gasteiger charge is -2.37. The molecule has 2 aliphatic rings. The van der Waals surface area contributed by atoms with Gasteiger partial charge < -0.3 is 19.5 Å². The quantitative estimate of drug-likeness (QED) is 0.611. The first-order valence-electron chi connectivity index (χ1n) is 11.8. The number of carbonyl (C=O) groups is 1. The minimum absolute atomic E-state index is 0.0435. The highest BCUT2D eigenvalue weighted by molar-refractivity contribution is 7.89. The predicted molar refractivity (Wildman–Crippen MR) is 129 cm³/mol. The lowest BCUT2D eigenvalue weighted by atomic mass is 10.0. The molecule has 0 bridgehead atoms. The summed E-state index contributed by atoms with van der Waals surface area (Å²) >= 11 is 0. The van der Waals surface area contributed by atoms with E-state index in [1.165, 1.54) is 35.2 Å². The fourth-order valence-corrected chi connectivity index (χ4v) is 6.21. The van der Waals surface area contributed by atoms with Crippen LogP contribution in [-0.4, -0.2) is 81.2 Å². The Kier molecular flexibility index (Phi) is 8.99. The fraction of sp³-hybridized carbons (Fsp3) is 0.640. The van der Waals surface area contributed by atoms with E-state index >= 15 is 0 Å². The van der Waals surface area contributed by atoms with Crippen molar-refractivity contribution in [2.24, 2.45) is 11.8 Å². The van der Waals surface area contributed by atoms with Crippen molar-refractivity contribution in [1.82, 2.24) is 9.21 Å². The molecule has 0 saturated heterocycles. The van der Waals surface area contributed by atoms with E-state index in [9.17, 15) is 18.3 Å². The van der Waals surface area contributed by atoms with Crippen molar-refractivity contribution in [3.63, 3.8) is 0 Å². The van der Waals surface area contributed by atoms with Gasteiger partial charge in [-0.1, -0.05) is 31.6 Å². The Bertz CT molecular complexity index is 1030.